The lowest BCUT2D eigenvalue weighted by atomic mass is 9.93. The molecule has 308 valence electrons. The molecule has 4 aromatic carbocycles. The van der Waals surface area contributed by atoms with Crippen LogP contribution in [-0.4, -0.2) is 51.1 Å². The summed E-state index contributed by atoms with van der Waals surface area (Å²) in [5, 5.41) is 0. The average molecular weight is 861 g/mol. The summed E-state index contributed by atoms with van der Waals surface area (Å²) in [6.45, 7) is 14.5. The molecule has 2 fully saturated rings. The molecule has 0 saturated carbocycles. The van der Waals surface area contributed by atoms with E-state index < -0.39 is 35.8 Å². The molecule has 16 heteroatoms. The summed E-state index contributed by atoms with van der Waals surface area (Å²) < 4.78 is 105. The Labute approximate surface area is 336 Å². The molecule has 2 aliphatic heterocycles. The lowest BCUT2D eigenvalue weighted by Gasteiger charge is -2.43. The Kier molecular flexibility index (Phi) is 13.1. The predicted molar refractivity (Wildman–Crippen MR) is 222 cm³/mol. The maximum Gasteiger partial charge on any atom is 0.431 e. The minimum absolute atomic E-state index is 0.0894. The molecule has 2 aliphatic rings. The second-order valence-electron chi connectivity index (χ2n) is 15.2. The Bertz CT molecular complexity index is 1940. The van der Waals surface area contributed by atoms with E-state index in [0.717, 1.165) is 44.5 Å². The van der Waals surface area contributed by atoms with Crippen molar-refractivity contribution in [3.8, 4) is 23.0 Å². The molecule has 0 atom stereocenters. The molecule has 0 aromatic heterocycles. The van der Waals surface area contributed by atoms with Crippen LogP contribution in [0.25, 0.3) is 0 Å². The molecule has 12 nitrogen and oxygen atoms in total. The van der Waals surface area contributed by atoms with E-state index in [4.69, 9.17) is 36.2 Å². The van der Waals surface area contributed by atoms with E-state index in [2.05, 4.69) is 0 Å². The van der Waals surface area contributed by atoms with Crippen molar-refractivity contribution >= 4 is 30.4 Å². The highest BCUT2D eigenvalue weighted by molar-refractivity contribution is 7.59. The third-order valence-corrected chi connectivity index (χ3v) is 17.8. The van der Waals surface area contributed by atoms with Gasteiger partial charge < -0.3 is 36.2 Å². The molecule has 6 rings (SSSR count). The SMILES string of the molecule is Cc1cccc(C)c1OP(=O)(CCP1(=O)OCC2(CO1)COP(=O)(CCP(=O)(Oc1c(C)cccc1C)Oc1c(C)cccc1C)OC2)Oc1c(C)cccc1C. The van der Waals surface area contributed by atoms with Gasteiger partial charge in [-0.15, -0.1) is 0 Å². The number of rotatable bonds is 14. The van der Waals surface area contributed by atoms with Crippen LogP contribution < -0.4 is 18.1 Å². The van der Waals surface area contributed by atoms with Crippen LogP contribution >= 0.6 is 30.4 Å². The Hall–Kier alpha value is -3.16. The number of hydrogen-bond acceptors (Lipinski definition) is 12. The molecule has 0 radical (unpaired) electrons. The van der Waals surface area contributed by atoms with Gasteiger partial charge in [0.1, 0.15) is 23.0 Å². The van der Waals surface area contributed by atoms with Gasteiger partial charge in [-0.1, -0.05) is 72.8 Å². The standard InChI is InChI=1S/C41H52O12P4/c1-29-13-9-14-30(2)37(29)50-56(44,51-38-31(3)15-10-16-32(38)4)23-21-54(42)46-25-41(26-47-54)27-48-55(43,49-28-41)22-24-57(45,52-39-33(5)17-11-18-34(39)6)53-40-35(7)19-12-20-36(40)8/h9-20H,21-28H2,1-8H3. The van der Waals surface area contributed by atoms with Crippen LogP contribution in [0.5, 0.6) is 23.0 Å². The van der Waals surface area contributed by atoms with Gasteiger partial charge in [0.05, 0.1) is 56.5 Å². The van der Waals surface area contributed by atoms with E-state index in [1.165, 1.54) is 0 Å². The van der Waals surface area contributed by atoms with Gasteiger partial charge in [-0.05, 0) is 99.9 Å². The first-order valence-corrected chi connectivity index (χ1v) is 25.7. The van der Waals surface area contributed by atoms with E-state index in [0.29, 0.717) is 23.0 Å². The summed E-state index contributed by atoms with van der Waals surface area (Å²) in [7, 11) is -15.5. The van der Waals surface area contributed by atoms with Crippen LogP contribution in [0.3, 0.4) is 0 Å². The molecule has 0 aliphatic carbocycles. The maximum absolute atomic E-state index is 14.5. The van der Waals surface area contributed by atoms with Crippen molar-refractivity contribution < 1.29 is 54.5 Å². The monoisotopic (exact) mass is 860 g/mol. The minimum atomic E-state index is -3.98. The van der Waals surface area contributed by atoms with Crippen LogP contribution in [0.2, 0.25) is 0 Å². The molecule has 0 N–H and O–H groups in total. The second-order valence-corrected chi connectivity index (χ2v) is 23.6. The summed E-state index contributed by atoms with van der Waals surface area (Å²) in [5.74, 6) is 1.73. The molecular weight excluding hydrogens is 808 g/mol. The minimum Gasteiger partial charge on any atom is -0.415 e. The number of benzene rings is 4. The number of aryl methyl sites for hydroxylation is 8. The lowest BCUT2D eigenvalue weighted by molar-refractivity contribution is -0.0681. The van der Waals surface area contributed by atoms with Crippen molar-refractivity contribution in [1.82, 2.24) is 0 Å². The summed E-state index contributed by atoms with van der Waals surface area (Å²) in [5.41, 5.74) is 5.30. The Morgan fingerprint density at radius 1 is 0.456 bits per heavy atom. The first-order valence-electron chi connectivity index (χ1n) is 18.8. The van der Waals surface area contributed by atoms with Gasteiger partial charge in [-0.2, -0.15) is 0 Å². The fourth-order valence-corrected chi connectivity index (χ4v) is 15.7. The highest BCUT2D eigenvalue weighted by atomic mass is 31.2. The zero-order valence-corrected chi connectivity index (χ0v) is 37.4. The van der Waals surface area contributed by atoms with Gasteiger partial charge in [-0.3, -0.25) is 9.13 Å². The zero-order valence-electron chi connectivity index (χ0n) is 33.8. The van der Waals surface area contributed by atoms with Gasteiger partial charge >= 0.3 is 30.4 Å². The van der Waals surface area contributed by atoms with Crippen molar-refractivity contribution in [2.75, 3.05) is 51.1 Å². The van der Waals surface area contributed by atoms with Crippen molar-refractivity contribution in [3.63, 3.8) is 0 Å². The molecule has 0 bridgehead atoms. The van der Waals surface area contributed by atoms with Gasteiger partial charge in [0, 0.05) is 0 Å². The van der Waals surface area contributed by atoms with Gasteiger partial charge in [0.15, 0.2) is 0 Å². The predicted octanol–water partition coefficient (Wildman–Crippen LogP) is 11.6. The Balaban J connectivity index is 1.11. The number of hydrogen-bond donors (Lipinski definition) is 0. The molecular formula is C41H52O12P4. The summed E-state index contributed by atoms with van der Waals surface area (Å²) in [4.78, 5) is 0. The summed E-state index contributed by atoms with van der Waals surface area (Å²) in [6, 6.07) is 22.4. The highest BCUT2D eigenvalue weighted by Crippen LogP contribution is 2.63. The Morgan fingerprint density at radius 3 is 0.877 bits per heavy atom. The second kappa shape index (κ2) is 17.2. The fourth-order valence-electron chi connectivity index (χ4n) is 6.56. The summed E-state index contributed by atoms with van der Waals surface area (Å²) >= 11 is 0. The van der Waals surface area contributed by atoms with Crippen LogP contribution in [0.4, 0.5) is 0 Å². The molecule has 2 saturated heterocycles. The van der Waals surface area contributed by atoms with E-state index in [-0.39, 0.29) is 51.1 Å². The fraction of sp³-hybridized carbons (Fsp3) is 0.415. The highest BCUT2D eigenvalue weighted by Gasteiger charge is 2.50. The van der Waals surface area contributed by atoms with Crippen molar-refractivity contribution in [1.29, 1.82) is 0 Å². The topological polar surface area (TPSA) is 142 Å². The molecule has 1 spiro atoms. The van der Waals surface area contributed by atoms with E-state index >= 15 is 0 Å². The van der Waals surface area contributed by atoms with Crippen molar-refractivity contribution in [2.45, 2.75) is 55.4 Å². The van der Waals surface area contributed by atoms with Crippen LogP contribution in [0.1, 0.15) is 44.5 Å². The van der Waals surface area contributed by atoms with Crippen LogP contribution in [-0.2, 0) is 36.4 Å². The largest absolute Gasteiger partial charge is 0.431 e. The molecule has 4 aromatic rings. The number of para-hydroxylation sites is 4. The molecule has 0 amide bonds. The van der Waals surface area contributed by atoms with Crippen molar-refractivity contribution in [3.05, 3.63) is 117 Å². The normalized spacial score (nSPS) is 22.6. The average Bonchev–Trinajstić information content (AvgIpc) is 3.16. The quantitative estimate of drug-likeness (QED) is 0.111. The summed E-state index contributed by atoms with van der Waals surface area (Å²) in [6.07, 6.45) is -0.997. The van der Waals surface area contributed by atoms with Crippen LogP contribution in [0.15, 0.2) is 72.8 Å². The van der Waals surface area contributed by atoms with E-state index in [1.807, 2.05) is 128 Å². The molecule has 0 unspecified atom stereocenters. The zero-order chi connectivity index (χ0) is 41.2. The smallest absolute Gasteiger partial charge is 0.415 e. The van der Waals surface area contributed by atoms with Gasteiger partial charge in [0.2, 0.25) is 0 Å². The molecule has 57 heavy (non-hydrogen) atoms. The third kappa shape index (κ3) is 10.4. The van der Waals surface area contributed by atoms with Crippen LogP contribution in [0, 0.1) is 60.8 Å². The first-order chi connectivity index (χ1) is 26.8. The van der Waals surface area contributed by atoms with Gasteiger partial charge in [-0.25, -0.2) is 9.13 Å². The van der Waals surface area contributed by atoms with Crippen molar-refractivity contribution in [2.24, 2.45) is 5.41 Å². The van der Waals surface area contributed by atoms with E-state index in [1.54, 1.807) is 0 Å². The molecule has 2 heterocycles. The van der Waals surface area contributed by atoms with Gasteiger partial charge in [0.25, 0.3) is 0 Å². The van der Waals surface area contributed by atoms with E-state index in [9.17, 15) is 18.3 Å². The Morgan fingerprint density at radius 2 is 0.667 bits per heavy atom. The third-order valence-electron chi connectivity index (χ3n) is 10.1. The first kappa shape index (κ1) is 43.4. The lowest BCUT2D eigenvalue weighted by Crippen LogP contribution is -2.46. The maximum atomic E-state index is 14.5.